The van der Waals surface area contributed by atoms with Crippen LogP contribution in [-0.4, -0.2) is 20.9 Å². The van der Waals surface area contributed by atoms with Crippen LogP contribution < -0.4 is 0 Å². The van der Waals surface area contributed by atoms with Gasteiger partial charge in [0.05, 0.1) is 6.20 Å². The van der Waals surface area contributed by atoms with Gasteiger partial charge >= 0.3 is 5.97 Å². The first-order valence-electron chi connectivity index (χ1n) is 4.77. The van der Waals surface area contributed by atoms with Crippen molar-refractivity contribution in [2.75, 3.05) is 0 Å². The molecule has 0 aliphatic heterocycles. The Morgan fingerprint density at radius 3 is 2.69 bits per heavy atom. The Morgan fingerprint density at radius 2 is 2.00 bits per heavy atom. The van der Waals surface area contributed by atoms with E-state index in [0.717, 1.165) is 5.56 Å². The van der Waals surface area contributed by atoms with Crippen LogP contribution in [0.1, 0.15) is 16.1 Å². The van der Waals surface area contributed by atoms with E-state index in [4.69, 9.17) is 5.11 Å². The Bertz CT molecular complexity index is 515. The fourth-order valence-corrected chi connectivity index (χ4v) is 1.32. The monoisotopic (exact) mass is 214 g/mol. The smallest absolute Gasteiger partial charge is 0.354 e. The predicted molar refractivity (Wildman–Crippen MR) is 60.9 cm³/mol. The average molecular weight is 214 g/mol. The van der Waals surface area contributed by atoms with Crippen LogP contribution in [0.25, 0.3) is 12.3 Å². The number of carboxylic acid groups (broad SMARTS) is 1. The van der Waals surface area contributed by atoms with Crippen LogP contribution in [0.3, 0.4) is 0 Å². The van der Waals surface area contributed by atoms with Gasteiger partial charge in [-0.25, -0.2) is 9.48 Å². The van der Waals surface area contributed by atoms with Crippen LogP contribution in [0, 0.1) is 0 Å². The van der Waals surface area contributed by atoms with Gasteiger partial charge in [0.2, 0.25) is 0 Å². The molecule has 0 fully saturated rings. The number of nitrogens with zero attached hydrogens (tertiary/aromatic N) is 2. The van der Waals surface area contributed by atoms with Gasteiger partial charge in [-0.3, -0.25) is 0 Å². The first kappa shape index (κ1) is 10.2. The first-order valence-corrected chi connectivity index (χ1v) is 4.77. The summed E-state index contributed by atoms with van der Waals surface area (Å²) in [5.41, 5.74) is 1.14. The lowest BCUT2D eigenvalue weighted by molar-refractivity contribution is 0.0687. The molecule has 0 aliphatic rings. The van der Waals surface area contributed by atoms with E-state index in [1.807, 2.05) is 30.3 Å². The summed E-state index contributed by atoms with van der Waals surface area (Å²) in [5.74, 6) is -0.991. The third-order valence-electron chi connectivity index (χ3n) is 2.10. The number of hydrogen-bond acceptors (Lipinski definition) is 2. The van der Waals surface area contributed by atoms with E-state index in [0.29, 0.717) is 0 Å². The lowest BCUT2D eigenvalue weighted by Gasteiger charge is -1.96. The van der Waals surface area contributed by atoms with Crippen molar-refractivity contribution in [2.24, 2.45) is 0 Å². The van der Waals surface area contributed by atoms with Crippen LogP contribution in [0.4, 0.5) is 0 Å². The molecule has 80 valence electrons. The van der Waals surface area contributed by atoms with Crippen molar-refractivity contribution < 1.29 is 9.90 Å². The minimum absolute atomic E-state index is 0.146. The third-order valence-corrected chi connectivity index (χ3v) is 2.10. The summed E-state index contributed by atoms with van der Waals surface area (Å²) in [6, 6.07) is 11.1. The SMILES string of the molecule is O=C(O)c1ccnn1C=Cc1ccccc1. The van der Waals surface area contributed by atoms with Gasteiger partial charge in [0.15, 0.2) is 5.69 Å². The van der Waals surface area contributed by atoms with E-state index < -0.39 is 5.97 Å². The summed E-state index contributed by atoms with van der Waals surface area (Å²) in [6.07, 6.45) is 4.89. The van der Waals surface area contributed by atoms with Gasteiger partial charge in [0, 0.05) is 6.20 Å². The van der Waals surface area contributed by atoms with Gasteiger partial charge in [0.25, 0.3) is 0 Å². The van der Waals surface area contributed by atoms with Crippen LogP contribution in [0.15, 0.2) is 42.6 Å². The van der Waals surface area contributed by atoms with Crippen LogP contribution >= 0.6 is 0 Å². The molecule has 1 aromatic carbocycles. The molecule has 0 saturated carbocycles. The van der Waals surface area contributed by atoms with E-state index in [-0.39, 0.29) is 5.69 Å². The van der Waals surface area contributed by atoms with Crippen LogP contribution in [-0.2, 0) is 0 Å². The molecule has 2 rings (SSSR count). The highest BCUT2D eigenvalue weighted by atomic mass is 16.4. The minimum atomic E-state index is -0.991. The number of carboxylic acids is 1. The fourth-order valence-electron chi connectivity index (χ4n) is 1.32. The zero-order valence-corrected chi connectivity index (χ0v) is 8.45. The molecular weight excluding hydrogens is 204 g/mol. The minimum Gasteiger partial charge on any atom is -0.477 e. The first-order chi connectivity index (χ1) is 7.77. The van der Waals surface area contributed by atoms with E-state index in [1.54, 1.807) is 12.3 Å². The van der Waals surface area contributed by atoms with Crippen LogP contribution in [0.5, 0.6) is 0 Å². The van der Waals surface area contributed by atoms with Crippen molar-refractivity contribution in [3.63, 3.8) is 0 Å². The topological polar surface area (TPSA) is 55.1 Å². The number of aromatic nitrogens is 2. The zero-order valence-electron chi connectivity index (χ0n) is 8.45. The molecule has 4 heteroatoms. The maximum atomic E-state index is 10.8. The van der Waals surface area contributed by atoms with Crippen molar-refractivity contribution >= 4 is 18.2 Å². The van der Waals surface area contributed by atoms with Gasteiger partial charge < -0.3 is 5.11 Å². The lowest BCUT2D eigenvalue weighted by Crippen LogP contribution is -2.04. The molecule has 0 spiro atoms. The highest BCUT2D eigenvalue weighted by Crippen LogP contribution is 2.04. The highest BCUT2D eigenvalue weighted by Gasteiger charge is 2.06. The molecule has 1 aromatic heterocycles. The van der Waals surface area contributed by atoms with Gasteiger partial charge in [-0.2, -0.15) is 5.10 Å². The third kappa shape index (κ3) is 2.17. The molecule has 2 aromatic rings. The Balaban J connectivity index is 2.24. The van der Waals surface area contributed by atoms with Gasteiger partial charge in [-0.1, -0.05) is 30.3 Å². The molecule has 0 amide bonds. The second-order valence-electron chi connectivity index (χ2n) is 3.19. The second-order valence-corrected chi connectivity index (χ2v) is 3.19. The van der Waals surface area contributed by atoms with E-state index in [9.17, 15) is 4.79 Å². The second kappa shape index (κ2) is 4.44. The van der Waals surface area contributed by atoms with Crippen molar-refractivity contribution in [3.05, 3.63) is 53.9 Å². The lowest BCUT2D eigenvalue weighted by atomic mass is 10.2. The summed E-state index contributed by atoms with van der Waals surface area (Å²) in [7, 11) is 0. The van der Waals surface area contributed by atoms with Gasteiger partial charge in [-0.15, -0.1) is 0 Å². The van der Waals surface area contributed by atoms with Crippen LogP contribution in [0.2, 0.25) is 0 Å². The molecule has 16 heavy (non-hydrogen) atoms. The van der Waals surface area contributed by atoms with E-state index >= 15 is 0 Å². The summed E-state index contributed by atoms with van der Waals surface area (Å²) in [6.45, 7) is 0. The molecule has 4 nitrogen and oxygen atoms in total. The van der Waals surface area contributed by atoms with E-state index in [2.05, 4.69) is 5.10 Å². The zero-order chi connectivity index (χ0) is 11.4. The molecule has 0 aliphatic carbocycles. The summed E-state index contributed by atoms with van der Waals surface area (Å²) in [4.78, 5) is 10.8. The summed E-state index contributed by atoms with van der Waals surface area (Å²) in [5, 5.41) is 12.8. The van der Waals surface area contributed by atoms with Crippen molar-refractivity contribution in [1.29, 1.82) is 0 Å². The number of aromatic carboxylic acids is 1. The van der Waals surface area contributed by atoms with Gasteiger partial charge in [-0.05, 0) is 17.7 Å². The largest absolute Gasteiger partial charge is 0.477 e. The molecular formula is C12H10N2O2. The van der Waals surface area contributed by atoms with Crippen molar-refractivity contribution in [3.8, 4) is 0 Å². The predicted octanol–water partition coefficient (Wildman–Crippen LogP) is 2.21. The van der Waals surface area contributed by atoms with Gasteiger partial charge in [0.1, 0.15) is 0 Å². The molecule has 1 heterocycles. The molecule has 0 atom stereocenters. The number of hydrogen-bond donors (Lipinski definition) is 1. The maximum absolute atomic E-state index is 10.8. The quantitative estimate of drug-likeness (QED) is 0.852. The number of rotatable bonds is 3. The Kier molecular flexibility index (Phi) is 2.82. The van der Waals surface area contributed by atoms with Crippen molar-refractivity contribution in [2.45, 2.75) is 0 Å². The maximum Gasteiger partial charge on any atom is 0.354 e. The average Bonchev–Trinajstić information content (AvgIpc) is 2.76. The summed E-state index contributed by atoms with van der Waals surface area (Å²) >= 11 is 0. The van der Waals surface area contributed by atoms with E-state index in [1.165, 1.54) is 16.9 Å². The number of benzene rings is 1. The summed E-state index contributed by atoms with van der Waals surface area (Å²) < 4.78 is 1.33. The highest BCUT2D eigenvalue weighted by molar-refractivity contribution is 5.86. The Morgan fingerprint density at radius 1 is 1.25 bits per heavy atom. The number of carbonyl (C=O) groups is 1. The molecule has 0 saturated heterocycles. The standard InChI is InChI=1S/C12H10N2O2/c15-12(16)11-6-8-13-14(11)9-7-10-4-2-1-3-5-10/h1-9H,(H,15,16). The molecule has 0 radical (unpaired) electrons. The van der Waals surface area contributed by atoms with Crippen molar-refractivity contribution in [1.82, 2.24) is 9.78 Å². The normalized spacial score (nSPS) is 10.8. The molecule has 0 bridgehead atoms. The Hall–Kier alpha value is -2.36. The molecule has 1 N–H and O–H groups in total. The fraction of sp³-hybridized carbons (Fsp3) is 0. The molecule has 0 unspecified atom stereocenters. The Labute approximate surface area is 92.5 Å².